The molecule has 2 rings (SSSR count). The smallest absolute Gasteiger partial charge is 0.251 e. The molecule has 0 aromatic heterocycles. The van der Waals surface area contributed by atoms with Crippen molar-refractivity contribution in [3.8, 4) is 11.5 Å². The zero-order chi connectivity index (χ0) is 22.9. The Hall–Kier alpha value is -2.65. The van der Waals surface area contributed by atoms with Crippen LogP contribution in [0.5, 0.6) is 11.5 Å². The lowest BCUT2D eigenvalue weighted by atomic mass is 10.2. The molecular weight excluding hydrogens is 423 g/mol. The summed E-state index contributed by atoms with van der Waals surface area (Å²) >= 11 is 0. The van der Waals surface area contributed by atoms with Crippen LogP contribution >= 0.6 is 0 Å². The van der Waals surface area contributed by atoms with Gasteiger partial charge >= 0.3 is 0 Å². The van der Waals surface area contributed by atoms with Crippen LogP contribution in [0.25, 0.3) is 0 Å². The molecule has 9 heteroatoms. The van der Waals surface area contributed by atoms with Crippen LogP contribution < -0.4 is 14.8 Å². The van der Waals surface area contributed by atoms with E-state index in [0.29, 0.717) is 44.8 Å². The molecule has 0 bridgehead atoms. The van der Waals surface area contributed by atoms with E-state index in [1.165, 1.54) is 41.7 Å². The lowest BCUT2D eigenvalue weighted by Crippen LogP contribution is -2.31. The van der Waals surface area contributed by atoms with E-state index >= 15 is 0 Å². The average Bonchev–Trinajstić information content (AvgIpc) is 2.77. The fourth-order valence-corrected chi connectivity index (χ4v) is 4.61. The standard InChI is InChI=1S/C22H29FN2O5S/c1-4-25(5-2)31(27,28)21-16-17(8-13-20(21)29-3)22(26)24-14-6-7-15-30-19-11-9-18(23)10-12-19/h8-13,16H,4-7,14-15H2,1-3H3,(H,24,26). The van der Waals surface area contributed by atoms with Crippen molar-refractivity contribution in [2.75, 3.05) is 33.4 Å². The molecule has 2 aromatic rings. The summed E-state index contributed by atoms with van der Waals surface area (Å²) in [5.74, 6) is 0.103. The first-order valence-corrected chi connectivity index (χ1v) is 11.6. The van der Waals surface area contributed by atoms with Crippen molar-refractivity contribution in [3.05, 3.63) is 53.8 Å². The Morgan fingerprint density at radius 2 is 1.74 bits per heavy atom. The zero-order valence-electron chi connectivity index (χ0n) is 18.1. The van der Waals surface area contributed by atoms with Gasteiger partial charge in [-0.15, -0.1) is 0 Å². The van der Waals surface area contributed by atoms with Gasteiger partial charge < -0.3 is 14.8 Å². The molecule has 170 valence electrons. The second-order valence-corrected chi connectivity index (χ2v) is 8.63. The number of amides is 1. The minimum atomic E-state index is -3.77. The van der Waals surface area contributed by atoms with Crippen molar-refractivity contribution in [1.82, 2.24) is 9.62 Å². The van der Waals surface area contributed by atoms with E-state index in [-0.39, 0.29) is 27.9 Å². The predicted octanol–water partition coefficient (Wildman–Crippen LogP) is 3.45. The van der Waals surface area contributed by atoms with Gasteiger partial charge in [0.2, 0.25) is 10.0 Å². The number of hydrogen-bond donors (Lipinski definition) is 1. The van der Waals surface area contributed by atoms with Crippen LogP contribution in [0, 0.1) is 5.82 Å². The average molecular weight is 453 g/mol. The SMILES string of the molecule is CCN(CC)S(=O)(=O)c1cc(C(=O)NCCCCOc2ccc(F)cc2)ccc1OC. The fourth-order valence-electron chi connectivity index (χ4n) is 2.97. The summed E-state index contributed by atoms with van der Waals surface area (Å²) in [7, 11) is -2.38. The van der Waals surface area contributed by atoms with Gasteiger partial charge in [-0.25, -0.2) is 12.8 Å². The van der Waals surface area contributed by atoms with Crippen LogP contribution in [0.4, 0.5) is 4.39 Å². The highest BCUT2D eigenvalue weighted by Crippen LogP contribution is 2.28. The molecule has 0 aliphatic heterocycles. The highest BCUT2D eigenvalue weighted by molar-refractivity contribution is 7.89. The van der Waals surface area contributed by atoms with E-state index in [4.69, 9.17) is 9.47 Å². The third-order valence-corrected chi connectivity index (χ3v) is 6.76. The molecule has 0 unspecified atom stereocenters. The van der Waals surface area contributed by atoms with E-state index < -0.39 is 10.0 Å². The first-order valence-electron chi connectivity index (χ1n) is 10.2. The summed E-state index contributed by atoms with van der Waals surface area (Å²) in [6.07, 6.45) is 1.37. The topological polar surface area (TPSA) is 84.9 Å². The molecule has 0 spiro atoms. The number of methoxy groups -OCH3 is 1. The summed E-state index contributed by atoms with van der Waals surface area (Å²) in [5, 5.41) is 2.79. The molecule has 0 aliphatic rings. The molecule has 0 saturated heterocycles. The van der Waals surface area contributed by atoms with Crippen LogP contribution in [0.1, 0.15) is 37.0 Å². The number of hydrogen-bond acceptors (Lipinski definition) is 5. The van der Waals surface area contributed by atoms with Gasteiger partial charge in [0.25, 0.3) is 5.91 Å². The largest absolute Gasteiger partial charge is 0.495 e. The van der Waals surface area contributed by atoms with Crippen LogP contribution in [-0.4, -0.2) is 52.0 Å². The van der Waals surface area contributed by atoms with Crippen molar-refractivity contribution in [3.63, 3.8) is 0 Å². The quantitative estimate of drug-likeness (QED) is 0.499. The van der Waals surface area contributed by atoms with Gasteiger partial charge in [-0.3, -0.25) is 4.79 Å². The van der Waals surface area contributed by atoms with Crippen molar-refractivity contribution in [2.24, 2.45) is 0 Å². The number of unbranched alkanes of at least 4 members (excludes halogenated alkanes) is 1. The molecule has 31 heavy (non-hydrogen) atoms. The van der Waals surface area contributed by atoms with Crippen molar-refractivity contribution in [2.45, 2.75) is 31.6 Å². The third-order valence-electron chi connectivity index (χ3n) is 4.69. The molecule has 1 amide bonds. The molecule has 1 N–H and O–H groups in total. The Bertz CT molecular complexity index is 960. The maximum atomic E-state index is 12.9. The summed E-state index contributed by atoms with van der Waals surface area (Å²) < 4.78 is 50.7. The maximum absolute atomic E-state index is 12.9. The first-order chi connectivity index (χ1) is 14.8. The summed E-state index contributed by atoms with van der Waals surface area (Å²) in [4.78, 5) is 12.5. The second kappa shape index (κ2) is 11.7. The van der Waals surface area contributed by atoms with E-state index in [0.717, 1.165) is 0 Å². The monoisotopic (exact) mass is 452 g/mol. The molecule has 7 nitrogen and oxygen atoms in total. The molecule has 0 fully saturated rings. The van der Waals surface area contributed by atoms with Crippen LogP contribution in [0.3, 0.4) is 0 Å². The highest BCUT2D eigenvalue weighted by atomic mass is 32.2. The minimum Gasteiger partial charge on any atom is -0.495 e. The summed E-state index contributed by atoms with van der Waals surface area (Å²) in [6.45, 7) is 5.00. The van der Waals surface area contributed by atoms with Gasteiger partial charge in [0, 0.05) is 25.2 Å². The molecule has 2 aromatic carbocycles. The Morgan fingerprint density at radius 1 is 1.06 bits per heavy atom. The highest BCUT2D eigenvalue weighted by Gasteiger charge is 2.26. The Labute approximate surface area is 183 Å². The number of carbonyl (C=O) groups is 1. The molecule has 0 radical (unpaired) electrons. The Balaban J connectivity index is 1.92. The molecule has 0 heterocycles. The number of sulfonamides is 1. The molecule has 0 saturated carbocycles. The minimum absolute atomic E-state index is 0.0287. The van der Waals surface area contributed by atoms with E-state index in [1.807, 2.05) is 0 Å². The first kappa shape index (κ1) is 24.6. The molecule has 0 aliphatic carbocycles. The van der Waals surface area contributed by atoms with Gasteiger partial charge in [-0.05, 0) is 55.3 Å². The fraction of sp³-hybridized carbons (Fsp3) is 0.409. The van der Waals surface area contributed by atoms with E-state index in [2.05, 4.69) is 5.32 Å². The predicted molar refractivity (Wildman–Crippen MR) is 117 cm³/mol. The van der Waals surface area contributed by atoms with Crippen LogP contribution in [0.15, 0.2) is 47.4 Å². The number of halogens is 1. The number of nitrogens with zero attached hydrogens (tertiary/aromatic N) is 1. The Kier molecular flexibility index (Phi) is 9.26. The van der Waals surface area contributed by atoms with E-state index in [1.54, 1.807) is 26.0 Å². The van der Waals surface area contributed by atoms with Crippen molar-refractivity contribution < 1.29 is 27.1 Å². The lowest BCUT2D eigenvalue weighted by Gasteiger charge is -2.20. The number of carbonyl (C=O) groups excluding carboxylic acids is 1. The van der Waals surface area contributed by atoms with Crippen LogP contribution in [0.2, 0.25) is 0 Å². The van der Waals surface area contributed by atoms with Gasteiger partial charge in [-0.2, -0.15) is 4.31 Å². The van der Waals surface area contributed by atoms with Gasteiger partial charge in [0.1, 0.15) is 22.2 Å². The normalized spacial score (nSPS) is 11.4. The maximum Gasteiger partial charge on any atom is 0.251 e. The number of nitrogens with one attached hydrogen (secondary N) is 1. The summed E-state index contributed by atoms with van der Waals surface area (Å²) in [6, 6.07) is 10.2. The van der Waals surface area contributed by atoms with Gasteiger partial charge in [0.15, 0.2) is 0 Å². The number of ether oxygens (including phenoxy) is 2. The summed E-state index contributed by atoms with van der Waals surface area (Å²) in [5.41, 5.74) is 0.245. The Morgan fingerprint density at radius 3 is 2.35 bits per heavy atom. The lowest BCUT2D eigenvalue weighted by molar-refractivity contribution is 0.0952. The van der Waals surface area contributed by atoms with Gasteiger partial charge in [-0.1, -0.05) is 13.8 Å². The van der Waals surface area contributed by atoms with Gasteiger partial charge in [0.05, 0.1) is 13.7 Å². The number of benzene rings is 2. The second-order valence-electron chi connectivity index (χ2n) is 6.72. The van der Waals surface area contributed by atoms with Crippen molar-refractivity contribution >= 4 is 15.9 Å². The molecular formula is C22H29FN2O5S. The van der Waals surface area contributed by atoms with Crippen LogP contribution in [-0.2, 0) is 10.0 Å². The van der Waals surface area contributed by atoms with E-state index in [9.17, 15) is 17.6 Å². The number of rotatable bonds is 12. The zero-order valence-corrected chi connectivity index (χ0v) is 18.9. The third kappa shape index (κ3) is 6.67. The van der Waals surface area contributed by atoms with Crippen molar-refractivity contribution in [1.29, 1.82) is 0 Å². The molecule has 0 atom stereocenters.